The van der Waals surface area contributed by atoms with Crippen LogP contribution in [0, 0.1) is 0 Å². The van der Waals surface area contributed by atoms with Crippen molar-refractivity contribution in [1.82, 2.24) is 14.9 Å². The average molecular weight is 420 g/mol. The van der Waals surface area contributed by atoms with Gasteiger partial charge < -0.3 is 15.1 Å². The fourth-order valence-corrected chi connectivity index (χ4v) is 4.71. The number of hydrogen-bond acceptors (Lipinski definition) is 7. The largest absolute Gasteiger partial charge is 0.354 e. The average Bonchev–Trinajstić information content (AvgIpc) is 3.32. The summed E-state index contributed by atoms with van der Waals surface area (Å²) in [5.41, 5.74) is 1.05. The van der Waals surface area contributed by atoms with E-state index in [-0.39, 0.29) is 5.91 Å². The highest BCUT2D eigenvalue weighted by Gasteiger charge is 2.16. The standard InChI is InChI=1S/C18H18ClN5OS2/c1-23-6-8-24(9-7-23)16-5-2-12(10-20-16)21-17(25)13-11-26-18(22-13)14-3-4-15(19)27-14/h2-5,10-11H,6-9H2,1H3,(H,21,25). The van der Waals surface area contributed by atoms with Gasteiger partial charge in [0.05, 0.1) is 21.1 Å². The third-order valence-corrected chi connectivity index (χ3v) is 6.60. The lowest BCUT2D eigenvalue weighted by molar-refractivity contribution is 0.102. The predicted octanol–water partition coefficient (Wildman–Crippen LogP) is 3.92. The molecule has 0 aliphatic carbocycles. The highest BCUT2D eigenvalue weighted by Crippen LogP contribution is 2.33. The van der Waals surface area contributed by atoms with Crippen LogP contribution < -0.4 is 10.2 Å². The first-order valence-electron chi connectivity index (χ1n) is 8.50. The lowest BCUT2D eigenvalue weighted by atomic mass is 10.3. The molecule has 9 heteroatoms. The maximum absolute atomic E-state index is 12.5. The number of carbonyl (C=O) groups is 1. The van der Waals surface area contributed by atoms with E-state index in [9.17, 15) is 4.79 Å². The molecule has 6 nitrogen and oxygen atoms in total. The van der Waals surface area contributed by atoms with Crippen LogP contribution in [0.15, 0.2) is 35.8 Å². The number of piperazine rings is 1. The summed E-state index contributed by atoms with van der Waals surface area (Å²) in [5, 5.41) is 5.41. The van der Waals surface area contributed by atoms with Gasteiger partial charge in [-0.15, -0.1) is 22.7 Å². The number of hydrogen-bond donors (Lipinski definition) is 1. The first kappa shape index (κ1) is 18.4. The van der Waals surface area contributed by atoms with Gasteiger partial charge in [-0.3, -0.25) is 4.79 Å². The van der Waals surface area contributed by atoms with Crippen molar-refractivity contribution in [3.63, 3.8) is 0 Å². The van der Waals surface area contributed by atoms with Crippen molar-refractivity contribution in [2.45, 2.75) is 0 Å². The second kappa shape index (κ2) is 7.93. The Morgan fingerprint density at radius 3 is 2.67 bits per heavy atom. The predicted molar refractivity (Wildman–Crippen MR) is 112 cm³/mol. The first-order valence-corrected chi connectivity index (χ1v) is 10.6. The summed E-state index contributed by atoms with van der Waals surface area (Å²) in [5.74, 6) is 0.695. The molecule has 1 fully saturated rings. The van der Waals surface area contributed by atoms with Gasteiger partial charge in [0.25, 0.3) is 5.91 Å². The second-order valence-electron chi connectivity index (χ2n) is 6.29. The van der Waals surface area contributed by atoms with Crippen molar-refractivity contribution in [3.8, 4) is 9.88 Å². The van der Waals surface area contributed by atoms with E-state index >= 15 is 0 Å². The molecule has 1 N–H and O–H groups in total. The molecule has 3 aromatic rings. The van der Waals surface area contributed by atoms with Crippen LogP contribution in [0.2, 0.25) is 4.34 Å². The van der Waals surface area contributed by atoms with Crippen molar-refractivity contribution < 1.29 is 4.79 Å². The molecule has 0 aromatic carbocycles. The van der Waals surface area contributed by atoms with E-state index < -0.39 is 0 Å². The highest BCUT2D eigenvalue weighted by atomic mass is 35.5. The summed E-state index contributed by atoms with van der Waals surface area (Å²) in [4.78, 5) is 26.9. The van der Waals surface area contributed by atoms with Gasteiger partial charge >= 0.3 is 0 Å². The third-order valence-electron chi connectivity index (χ3n) is 4.35. The number of amides is 1. The first-order chi connectivity index (χ1) is 13.1. The zero-order valence-electron chi connectivity index (χ0n) is 14.7. The summed E-state index contributed by atoms with van der Waals surface area (Å²) in [6.07, 6.45) is 1.69. The summed E-state index contributed by atoms with van der Waals surface area (Å²) < 4.78 is 0.706. The van der Waals surface area contributed by atoms with E-state index in [0.29, 0.717) is 15.7 Å². The molecule has 0 spiro atoms. The molecule has 3 aromatic heterocycles. The van der Waals surface area contributed by atoms with Crippen LogP contribution in [-0.4, -0.2) is 54.0 Å². The van der Waals surface area contributed by atoms with Gasteiger partial charge in [0, 0.05) is 31.6 Å². The molecule has 1 saturated heterocycles. The van der Waals surface area contributed by atoms with Crippen LogP contribution in [0.5, 0.6) is 0 Å². The molecule has 140 valence electrons. The topological polar surface area (TPSA) is 61.4 Å². The van der Waals surface area contributed by atoms with Crippen molar-refractivity contribution >= 4 is 51.7 Å². The van der Waals surface area contributed by atoms with Crippen molar-refractivity contribution in [3.05, 3.63) is 45.9 Å². The van der Waals surface area contributed by atoms with Crippen molar-refractivity contribution in [2.75, 3.05) is 43.4 Å². The molecular formula is C18H18ClN5OS2. The smallest absolute Gasteiger partial charge is 0.275 e. The fraction of sp³-hybridized carbons (Fsp3) is 0.278. The normalized spacial score (nSPS) is 15.1. The summed E-state index contributed by atoms with van der Waals surface area (Å²) in [6.45, 7) is 3.98. The molecule has 1 aliphatic rings. The van der Waals surface area contributed by atoms with Crippen LogP contribution in [0.4, 0.5) is 11.5 Å². The number of aromatic nitrogens is 2. The fourth-order valence-electron chi connectivity index (χ4n) is 2.80. The number of halogens is 1. The maximum Gasteiger partial charge on any atom is 0.275 e. The van der Waals surface area contributed by atoms with E-state index in [1.54, 1.807) is 11.6 Å². The maximum atomic E-state index is 12.5. The lowest BCUT2D eigenvalue weighted by Crippen LogP contribution is -2.44. The summed E-state index contributed by atoms with van der Waals surface area (Å²) in [7, 11) is 2.13. The van der Waals surface area contributed by atoms with Gasteiger partial charge in [0.2, 0.25) is 0 Å². The van der Waals surface area contributed by atoms with Gasteiger partial charge in [-0.1, -0.05) is 11.6 Å². The van der Waals surface area contributed by atoms with Crippen LogP contribution in [0.1, 0.15) is 10.5 Å². The molecule has 0 bridgehead atoms. The third kappa shape index (κ3) is 4.30. The van der Waals surface area contributed by atoms with Crippen molar-refractivity contribution in [2.24, 2.45) is 0 Å². The number of nitrogens with one attached hydrogen (secondary N) is 1. The Morgan fingerprint density at radius 2 is 2.00 bits per heavy atom. The number of pyridine rings is 1. The minimum atomic E-state index is -0.241. The Labute approximate surface area is 170 Å². The molecule has 1 amide bonds. The van der Waals surface area contributed by atoms with E-state index in [1.807, 2.05) is 24.3 Å². The van der Waals surface area contributed by atoms with Crippen LogP contribution in [0.25, 0.3) is 9.88 Å². The number of thiophene rings is 1. The Balaban J connectivity index is 1.40. The van der Waals surface area contributed by atoms with E-state index in [2.05, 4.69) is 32.1 Å². The molecule has 27 heavy (non-hydrogen) atoms. The number of rotatable bonds is 4. The Hall–Kier alpha value is -2.00. The van der Waals surface area contributed by atoms with E-state index in [1.165, 1.54) is 22.7 Å². The van der Waals surface area contributed by atoms with E-state index in [0.717, 1.165) is 41.9 Å². The molecule has 0 unspecified atom stereocenters. The zero-order chi connectivity index (χ0) is 18.8. The molecule has 0 radical (unpaired) electrons. The van der Waals surface area contributed by atoms with Gasteiger partial charge in [0.1, 0.15) is 16.5 Å². The molecule has 4 rings (SSSR count). The zero-order valence-corrected chi connectivity index (χ0v) is 17.1. The van der Waals surface area contributed by atoms with E-state index in [4.69, 9.17) is 11.6 Å². The molecule has 0 saturated carbocycles. The number of thiazole rings is 1. The minimum absolute atomic E-state index is 0.241. The minimum Gasteiger partial charge on any atom is -0.354 e. The lowest BCUT2D eigenvalue weighted by Gasteiger charge is -2.33. The molecule has 1 aliphatic heterocycles. The van der Waals surface area contributed by atoms with Gasteiger partial charge in [-0.25, -0.2) is 9.97 Å². The summed E-state index contributed by atoms with van der Waals surface area (Å²) in [6, 6.07) is 7.57. The number of likely N-dealkylation sites (N-methyl/N-ethyl adjacent to an activating group) is 1. The number of carbonyl (C=O) groups excluding carboxylic acids is 1. The van der Waals surface area contributed by atoms with Gasteiger partial charge in [-0.05, 0) is 31.3 Å². The van der Waals surface area contributed by atoms with Crippen LogP contribution in [-0.2, 0) is 0 Å². The highest BCUT2D eigenvalue weighted by molar-refractivity contribution is 7.23. The van der Waals surface area contributed by atoms with Crippen LogP contribution in [0.3, 0.4) is 0 Å². The summed E-state index contributed by atoms with van der Waals surface area (Å²) >= 11 is 8.85. The SMILES string of the molecule is CN1CCN(c2ccc(NC(=O)c3csc(-c4ccc(Cl)s4)n3)cn2)CC1. The quantitative estimate of drug-likeness (QED) is 0.694. The Kier molecular flexibility index (Phi) is 5.40. The monoisotopic (exact) mass is 419 g/mol. The molecular weight excluding hydrogens is 402 g/mol. The van der Waals surface area contributed by atoms with Gasteiger partial charge in [-0.2, -0.15) is 0 Å². The number of anilines is 2. The number of nitrogens with zero attached hydrogens (tertiary/aromatic N) is 4. The Morgan fingerprint density at radius 1 is 1.19 bits per heavy atom. The van der Waals surface area contributed by atoms with Crippen LogP contribution >= 0.6 is 34.3 Å². The Bertz CT molecular complexity index is 931. The molecule has 0 atom stereocenters. The second-order valence-corrected chi connectivity index (χ2v) is 8.86. The molecule has 4 heterocycles. The van der Waals surface area contributed by atoms with Crippen molar-refractivity contribution in [1.29, 1.82) is 0 Å². The van der Waals surface area contributed by atoms with Gasteiger partial charge in [0.15, 0.2) is 0 Å².